The highest BCUT2D eigenvalue weighted by Gasteiger charge is 2.03. The third-order valence-electron chi connectivity index (χ3n) is 2.65. The average Bonchev–Trinajstić information content (AvgIpc) is 2.55. The van der Waals surface area contributed by atoms with Crippen LogP contribution in [-0.2, 0) is 14.4 Å². The summed E-state index contributed by atoms with van der Waals surface area (Å²) in [6, 6.07) is 0. The number of hydrogen-bond acceptors (Lipinski definition) is 3. The summed E-state index contributed by atoms with van der Waals surface area (Å²) in [6.45, 7) is 26.8. The Morgan fingerprint density at radius 1 is 0.630 bits per heavy atom. The first-order chi connectivity index (χ1) is 11.9. The van der Waals surface area contributed by atoms with Crippen LogP contribution in [0.5, 0.6) is 0 Å². The molecule has 0 aromatic heterocycles. The van der Waals surface area contributed by atoms with Crippen molar-refractivity contribution in [2.75, 3.05) is 0 Å². The standard InChI is InChI=1S/2C6H14.3C3H4O2/c2*1-5-6(2,3)4;3*1-2-3(4)5/h2*5H2,1-4H3;3*2H,1H2,(H,4,5). The fourth-order valence-electron chi connectivity index (χ4n) is 0. The van der Waals surface area contributed by atoms with Gasteiger partial charge in [0.15, 0.2) is 0 Å². The fraction of sp³-hybridized carbons (Fsp3) is 0.571. The molecule has 3 N–H and O–H groups in total. The maximum Gasteiger partial charge on any atom is 0.327 e. The van der Waals surface area contributed by atoms with Crippen LogP contribution in [0.25, 0.3) is 0 Å². The van der Waals surface area contributed by atoms with Crippen LogP contribution in [0.3, 0.4) is 0 Å². The topological polar surface area (TPSA) is 112 Å². The monoisotopic (exact) mass is 388 g/mol. The quantitative estimate of drug-likeness (QED) is 0.538. The summed E-state index contributed by atoms with van der Waals surface area (Å²) in [4.78, 5) is 27.8. The van der Waals surface area contributed by atoms with E-state index in [9.17, 15) is 14.4 Å². The van der Waals surface area contributed by atoms with Gasteiger partial charge in [-0.05, 0) is 10.8 Å². The highest BCUT2D eigenvalue weighted by atomic mass is 16.4. The SMILES string of the molecule is C=CC(=O)O.C=CC(=O)O.C=CC(=O)O.CCC(C)(C)C.CCC(C)(C)C. The van der Waals surface area contributed by atoms with E-state index in [1.807, 2.05) is 0 Å². The van der Waals surface area contributed by atoms with Gasteiger partial charge in [0.25, 0.3) is 0 Å². The first-order valence-electron chi connectivity index (χ1n) is 8.50. The van der Waals surface area contributed by atoms with Crippen molar-refractivity contribution >= 4 is 17.9 Å². The molecule has 0 saturated heterocycles. The molecule has 6 heteroatoms. The molecule has 0 saturated carbocycles. The van der Waals surface area contributed by atoms with E-state index in [0.29, 0.717) is 10.8 Å². The summed E-state index contributed by atoms with van der Waals surface area (Å²) >= 11 is 0. The molecule has 0 aliphatic rings. The van der Waals surface area contributed by atoms with Crippen LogP contribution < -0.4 is 0 Å². The lowest BCUT2D eigenvalue weighted by atomic mass is 9.94. The van der Waals surface area contributed by atoms with E-state index >= 15 is 0 Å². The molecule has 0 aromatic carbocycles. The largest absolute Gasteiger partial charge is 0.478 e. The molecule has 0 fully saturated rings. The Morgan fingerprint density at radius 3 is 0.704 bits per heavy atom. The molecular weight excluding hydrogens is 348 g/mol. The Balaban J connectivity index is -0.0000000749. The highest BCUT2D eigenvalue weighted by molar-refractivity contribution is 5.79. The second-order valence-electron chi connectivity index (χ2n) is 7.46. The molecule has 0 rings (SSSR count). The minimum atomic E-state index is -0.981. The van der Waals surface area contributed by atoms with E-state index in [1.165, 1.54) is 12.8 Å². The summed E-state index contributed by atoms with van der Waals surface area (Å²) in [5, 5.41) is 22.8. The number of rotatable bonds is 3. The van der Waals surface area contributed by atoms with Crippen LogP contribution in [0.4, 0.5) is 0 Å². The summed E-state index contributed by atoms with van der Waals surface area (Å²) < 4.78 is 0. The number of carboxylic acid groups (broad SMARTS) is 3. The van der Waals surface area contributed by atoms with Gasteiger partial charge in [-0.1, -0.05) is 88.0 Å². The zero-order chi connectivity index (χ0) is 23.3. The highest BCUT2D eigenvalue weighted by Crippen LogP contribution is 2.16. The maximum absolute atomic E-state index is 9.25. The van der Waals surface area contributed by atoms with E-state index in [0.717, 1.165) is 18.2 Å². The smallest absolute Gasteiger partial charge is 0.327 e. The molecule has 6 nitrogen and oxygen atoms in total. The lowest BCUT2D eigenvalue weighted by Gasteiger charge is -2.12. The van der Waals surface area contributed by atoms with Gasteiger partial charge in [-0.3, -0.25) is 0 Å². The van der Waals surface area contributed by atoms with E-state index in [-0.39, 0.29) is 0 Å². The second kappa shape index (κ2) is 21.7. The molecule has 27 heavy (non-hydrogen) atoms. The van der Waals surface area contributed by atoms with Crippen molar-refractivity contribution in [3.05, 3.63) is 38.0 Å². The van der Waals surface area contributed by atoms with E-state index in [2.05, 4.69) is 75.1 Å². The van der Waals surface area contributed by atoms with Gasteiger partial charge >= 0.3 is 17.9 Å². The van der Waals surface area contributed by atoms with Crippen LogP contribution in [0, 0.1) is 10.8 Å². The van der Waals surface area contributed by atoms with Crippen molar-refractivity contribution in [1.82, 2.24) is 0 Å². The Kier molecular flexibility index (Phi) is 28.6. The fourth-order valence-corrected chi connectivity index (χ4v) is 0. The van der Waals surface area contributed by atoms with Crippen molar-refractivity contribution in [3.63, 3.8) is 0 Å². The van der Waals surface area contributed by atoms with Gasteiger partial charge in [0.2, 0.25) is 0 Å². The molecular formula is C21H40O6. The van der Waals surface area contributed by atoms with Crippen LogP contribution in [-0.4, -0.2) is 33.2 Å². The molecule has 0 aromatic rings. The number of hydrogen-bond donors (Lipinski definition) is 3. The molecule has 0 spiro atoms. The molecule has 0 bridgehead atoms. The van der Waals surface area contributed by atoms with Crippen LogP contribution in [0.2, 0.25) is 0 Å². The Hall–Kier alpha value is -2.37. The molecule has 0 aliphatic carbocycles. The van der Waals surface area contributed by atoms with Gasteiger partial charge in [-0.2, -0.15) is 0 Å². The van der Waals surface area contributed by atoms with Crippen LogP contribution in [0.1, 0.15) is 68.2 Å². The van der Waals surface area contributed by atoms with E-state index in [1.54, 1.807) is 0 Å². The molecule has 160 valence electrons. The Labute approximate surface area is 165 Å². The third kappa shape index (κ3) is 119. The van der Waals surface area contributed by atoms with Crippen molar-refractivity contribution in [2.24, 2.45) is 10.8 Å². The van der Waals surface area contributed by atoms with Gasteiger partial charge in [0.05, 0.1) is 0 Å². The molecule has 0 atom stereocenters. The number of carboxylic acids is 3. The zero-order valence-corrected chi connectivity index (χ0v) is 18.3. The number of carbonyl (C=O) groups is 3. The number of aliphatic carboxylic acids is 3. The van der Waals surface area contributed by atoms with E-state index in [4.69, 9.17) is 15.3 Å². The Morgan fingerprint density at radius 2 is 0.704 bits per heavy atom. The van der Waals surface area contributed by atoms with Gasteiger partial charge in [-0.15, -0.1) is 0 Å². The van der Waals surface area contributed by atoms with Crippen molar-refractivity contribution in [2.45, 2.75) is 68.2 Å². The van der Waals surface area contributed by atoms with Gasteiger partial charge in [0, 0.05) is 18.2 Å². The minimum absolute atomic E-state index is 0.542. The van der Waals surface area contributed by atoms with Crippen LogP contribution >= 0.6 is 0 Å². The summed E-state index contributed by atoms with van der Waals surface area (Å²) in [7, 11) is 0. The first-order valence-corrected chi connectivity index (χ1v) is 8.50. The molecule has 0 aliphatic heterocycles. The average molecular weight is 389 g/mol. The van der Waals surface area contributed by atoms with E-state index < -0.39 is 17.9 Å². The molecule has 0 radical (unpaired) electrons. The van der Waals surface area contributed by atoms with Crippen molar-refractivity contribution in [3.8, 4) is 0 Å². The molecule has 0 heterocycles. The third-order valence-corrected chi connectivity index (χ3v) is 2.65. The minimum Gasteiger partial charge on any atom is -0.478 e. The summed E-state index contributed by atoms with van der Waals surface area (Å²) in [5.41, 5.74) is 1.08. The summed E-state index contributed by atoms with van der Waals surface area (Å²) in [6.07, 6.45) is 5.04. The lowest BCUT2D eigenvalue weighted by Crippen LogP contribution is -2.00. The lowest BCUT2D eigenvalue weighted by molar-refractivity contribution is -0.132. The van der Waals surface area contributed by atoms with Gasteiger partial charge in [-0.25, -0.2) is 14.4 Å². The van der Waals surface area contributed by atoms with Crippen molar-refractivity contribution in [1.29, 1.82) is 0 Å². The summed E-state index contributed by atoms with van der Waals surface area (Å²) in [5.74, 6) is -2.94. The zero-order valence-electron chi connectivity index (χ0n) is 18.3. The molecule has 0 unspecified atom stereocenters. The first kappa shape index (κ1) is 35.7. The van der Waals surface area contributed by atoms with Gasteiger partial charge in [0.1, 0.15) is 0 Å². The predicted molar refractivity (Wildman–Crippen MR) is 113 cm³/mol. The Bertz CT molecular complexity index is 366. The normalized spacial score (nSPS) is 8.89. The second-order valence-corrected chi connectivity index (χ2v) is 7.46. The van der Waals surface area contributed by atoms with Crippen molar-refractivity contribution < 1.29 is 29.7 Å². The maximum atomic E-state index is 9.25. The van der Waals surface area contributed by atoms with Gasteiger partial charge < -0.3 is 15.3 Å². The molecule has 0 amide bonds. The van der Waals surface area contributed by atoms with Crippen LogP contribution in [0.15, 0.2) is 38.0 Å². The predicted octanol–water partition coefficient (Wildman–Crippen LogP) is 5.66.